The first kappa shape index (κ1) is 24.8. The summed E-state index contributed by atoms with van der Waals surface area (Å²) in [6.07, 6.45) is -2.55. The quantitative estimate of drug-likeness (QED) is 0.405. The van der Waals surface area contributed by atoms with Gasteiger partial charge in [-0.1, -0.05) is 18.2 Å². The van der Waals surface area contributed by atoms with Gasteiger partial charge in [-0.05, 0) is 49.4 Å². The lowest BCUT2D eigenvalue weighted by atomic mass is 10.0. The van der Waals surface area contributed by atoms with Crippen LogP contribution in [0.4, 0.5) is 17.6 Å². The van der Waals surface area contributed by atoms with Gasteiger partial charge in [0.2, 0.25) is 0 Å². The molecule has 0 fully saturated rings. The number of aliphatic carboxylic acids is 1. The number of para-hydroxylation sites is 1. The third-order valence-electron chi connectivity index (χ3n) is 4.30. The van der Waals surface area contributed by atoms with Gasteiger partial charge in [-0.15, -0.1) is 0 Å². The zero-order chi connectivity index (χ0) is 23.7. The number of nitrogens with zero attached hydrogens (tertiary/aromatic N) is 1. The molecule has 0 aliphatic heterocycles. The maximum absolute atomic E-state index is 14.5. The van der Waals surface area contributed by atoms with Crippen molar-refractivity contribution in [2.75, 3.05) is 13.6 Å². The van der Waals surface area contributed by atoms with Gasteiger partial charge in [-0.3, -0.25) is 5.10 Å². The Bertz CT molecular complexity index is 1010. The molecule has 0 saturated heterocycles. The van der Waals surface area contributed by atoms with Gasteiger partial charge < -0.3 is 20.9 Å². The number of hydrogen-bond acceptors (Lipinski definition) is 5. The highest BCUT2D eigenvalue weighted by Crippen LogP contribution is 2.29. The van der Waals surface area contributed by atoms with Crippen LogP contribution < -0.4 is 15.8 Å². The summed E-state index contributed by atoms with van der Waals surface area (Å²) in [5.74, 6) is -2.41. The number of ether oxygens (including phenoxy) is 1. The minimum atomic E-state index is -5.08. The Labute approximate surface area is 181 Å². The SMILES string of the molecule is CNC(CN)Cc1c[nH]nc1-c1ccc(Oc2ccccc2)c(F)c1.O=C(O)C(F)(F)F. The van der Waals surface area contributed by atoms with E-state index in [2.05, 4.69) is 15.5 Å². The highest BCUT2D eigenvalue weighted by molar-refractivity contribution is 5.73. The molecule has 0 bridgehead atoms. The number of nitrogens with two attached hydrogens (primary N) is 1. The van der Waals surface area contributed by atoms with E-state index in [1.165, 1.54) is 6.07 Å². The largest absolute Gasteiger partial charge is 0.490 e. The van der Waals surface area contributed by atoms with Crippen molar-refractivity contribution in [2.24, 2.45) is 5.73 Å². The second-order valence-corrected chi connectivity index (χ2v) is 6.55. The molecule has 11 heteroatoms. The first-order valence-electron chi connectivity index (χ1n) is 9.38. The van der Waals surface area contributed by atoms with Gasteiger partial charge in [-0.25, -0.2) is 9.18 Å². The molecule has 0 amide bonds. The molecule has 5 N–H and O–H groups in total. The second kappa shape index (κ2) is 11.3. The number of alkyl halides is 3. The van der Waals surface area contributed by atoms with Crippen molar-refractivity contribution in [2.45, 2.75) is 18.6 Å². The summed E-state index contributed by atoms with van der Waals surface area (Å²) in [7, 11) is 1.87. The first-order valence-corrected chi connectivity index (χ1v) is 9.38. The lowest BCUT2D eigenvalue weighted by Crippen LogP contribution is -2.35. The average Bonchev–Trinajstić information content (AvgIpc) is 3.22. The Hall–Kier alpha value is -3.44. The zero-order valence-corrected chi connectivity index (χ0v) is 17.0. The Morgan fingerprint density at radius 3 is 2.44 bits per heavy atom. The van der Waals surface area contributed by atoms with Crippen molar-refractivity contribution in [3.05, 3.63) is 66.1 Å². The van der Waals surface area contributed by atoms with Gasteiger partial charge in [0.15, 0.2) is 11.6 Å². The molecule has 0 saturated carbocycles. The summed E-state index contributed by atoms with van der Waals surface area (Å²) < 4.78 is 51.8. The van der Waals surface area contributed by atoms with Crippen molar-refractivity contribution in [3.63, 3.8) is 0 Å². The summed E-state index contributed by atoms with van der Waals surface area (Å²) in [6.45, 7) is 0.513. The molecular formula is C21H22F4N4O3. The van der Waals surface area contributed by atoms with Crippen LogP contribution in [0, 0.1) is 5.82 Å². The molecule has 1 atom stereocenters. The zero-order valence-electron chi connectivity index (χ0n) is 17.0. The Morgan fingerprint density at radius 2 is 1.91 bits per heavy atom. The van der Waals surface area contributed by atoms with E-state index in [1.807, 2.05) is 31.4 Å². The summed E-state index contributed by atoms with van der Waals surface area (Å²) in [4.78, 5) is 8.90. The number of carboxylic acid groups (broad SMARTS) is 1. The number of benzene rings is 2. The van der Waals surface area contributed by atoms with Crippen molar-refractivity contribution >= 4 is 5.97 Å². The lowest BCUT2D eigenvalue weighted by Gasteiger charge is -2.13. The number of likely N-dealkylation sites (N-methyl/N-ethyl adjacent to an activating group) is 1. The molecule has 3 rings (SSSR count). The topological polar surface area (TPSA) is 113 Å². The monoisotopic (exact) mass is 454 g/mol. The predicted molar refractivity (Wildman–Crippen MR) is 110 cm³/mol. The fourth-order valence-electron chi connectivity index (χ4n) is 2.64. The number of aromatic amines is 1. The van der Waals surface area contributed by atoms with Crippen LogP contribution in [0.1, 0.15) is 5.56 Å². The molecule has 1 heterocycles. The van der Waals surface area contributed by atoms with Crippen LogP contribution >= 0.6 is 0 Å². The number of nitrogens with one attached hydrogen (secondary N) is 2. The second-order valence-electron chi connectivity index (χ2n) is 6.55. The molecule has 0 radical (unpaired) electrons. The molecule has 0 aliphatic rings. The molecule has 0 aliphatic carbocycles. The number of rotatable bonds is 7. The van der Waals surface area contributed by atoms with E-state index in [0.717, 1.165) is 11.3 Å². The third-order valence-corrected chi connectivity index (χ3v) is 4.30. The summed E-state index contributed by atoms with van der Waals surface area (Å²) in [5, 5.41) is 17.4. The van der Waals surface area contributed by atoms with Crippen LogP contribution in [-0.4, -0.2) is 47.1 Å². The molecule has 1 aromatic heterocycles. The van der Waals surface area contributed by atoms with Crippen molar-refractivity contribution in [3.8, 4) is 22.8 Å². The van der Waals surface area contributed by atoms with Crippen molar-refractivity contribution in [1.29, 1.82) is 0 Å². The highest BCUT2D eigenvalue weighted by Gasteiger charge is 2.38. The summed E-state index contributed by atoms with van der Waals surface area (Å²) in [5.41, 5.74) is 8.14. The van der Waals surface area contributed by atoms with Gasteiger partial charge in [0.25, 0.3) is 0 Å². The first-order chi connectivity index (χ1) is 15.2. The van der Waals surface area contributed by atoms with Crippen molar-refractivity contribution < 1.29 is 32.2 Å². The van der Waals surface area contributed by atoms with E-state index in [-0.39, 0.29) is 11.8 Å². The molecular weight excluding hydrogens is 432 g/mol. The van der Waals surface area contributed by atoms with Crippen LogP contribution in [0.15, 0.2) is 54.7 Å². The molecule has 172 valence electrons. The van der Waals surface area contributed by atoms with E-state index in [9.17, 15) is 17.6 Å². The number of carbonyl (C=O) groups is 1. The highest BCUT2D eigenvalue weighted by atomic mass is 19.4. The van der Waals surface area contributed by atoms with Gasteiger partial charge in [0.1, 0.15) is 5.75 Å². The maximum atomic E-state index is 14.5. The minimum Gasteiger partial charge on any atom is -0.475 e. The molecule has 2 aromatic carbocycles. The number of halogens is 4. The predicted octanol–water partition coefficient (Wildman–Crippen LogP) is 3.73. The standard InChI is InChI=1S/C19H21FN4O.C2HF3O2/c1-22-15(11-21)9-14-12-23-24-19(14)13-7-8-18(17(20)10-13)25-16-5-3-2-4-6-16;3-2(4,5)1(6)7/h2-8,10,12,15,22H,9,11,21H2,1H3,(H,23,24);(H,6,7). The summed E-state index contributed by atoms with van der Waals surface area (Å²) >= 11 is 0. The van der Waals surface area contributed by atoms with Gasteiger partial charge >= 0.3 is 12.1 Å². The van der Waals surface area contributed by atoms with E-state index < -0.39 is 18.0 Å². The minimum absolute atomic E-state index is 0.141. The van der Waals surface area contributed by atoms with Crippen LogP contribution in [0.5, 0.6) is 11.5 Å². The van der Waals surface area contributed by atoms with Gasteiger partial charge in [0, 0.05) is 24.3 Å². The van der Waals surface area contributed by atoms with Crippen LogP contribution in [0.3, 0.4) is 0 Å². The van der Waals surface area contributed by atoms with Crippen molar-refractivity contribution in [1.82, 2.24) is 15.5 Å². The van der Waals surface area contributed by atoms with E-state index in [1.54, 1.807) is 24.3 Å². The maximum Gasteiger partial charge on any atom is 0.490 e. The molecule has 0 spiro atoms. The molecule has 1 unspecified atom stereocenters. The van der Waals surface area contributed by atoms with Crippen LogP contribution in [0.2, 0.25) is 0 Å². The Balaban J connectivity index is 0.000000451. The van der Waals surface area contributed by atoms with E-state index >= 15 is 0 Å². The number of hydrogen-bond donors (Lipinski definition) is 4. The smallest absolute Gasteiger partial charge is 0.475 e. The fraction of sp³-hybridized carbons (Fsp3) is 0.238. The lowest BCUT2D eigenvalue weighted by molar-refractivity contribution is -0.192. The molecule has 7 nitrogen and oxygen atoms in total. The summed E-state index contributed by atoms with van der Waals surface area (Å²) in [6, 6.07) is 14.1. The molecule has 3 aromatic rings. The van der Waals surface area contributed by atoms with E-state index in [4.69, 9.17) is 20.4 Å². The normalized spacial score (nSPS) is 11.9. The number of carboxylic acids is 1. The van der Waals surface area contributed by atoms with Crippen LogP contribution in [-0.2, 0) is 11.2 Å². The van der Waals surface area contributed by atoms with Gasteiger partial charge in [-0.2, -0.15) is 18.3 Å². The van der Waals surface area contributed by atoms with E-state index in [0.29, 0.717) is 24.3 Å². The number of H-pyrrole nitrogens is 1. The van der Waals surface area contributed by atoms with Crippen LogP contribution in [0.25, 0.3) is 11.3 Å². The third kappa shape index (κ3) is 7.06. The Kier molecular flexibility index (Phi) is 8.73. The van der Waals surface area contributed by atoms with Gasteiger partial charge in [0.05, 0.1) is 5.69 Å². The average molecular weight is 454 g/mol. The Morgan fingerprint density at radius 1 is 1.25 bits per heavy atom. The fourth-order valence-corrected chi connectivity index (χ4v) is 2.64. The molecule has 32 heavy (non-hydrogen) atoms. The number of aromatic nitrogens is 2.